The van der Waals surface area contributed by atoms with E-state index >= 15 is 0 Å². The number of carbonyl (C=O) groups excluding carboxylic acids is 1. The average Bonchev–Trinajstić information content (AvgIpc) is 3.10. The van der Waals surface area contributed by atoms with Crippen LogP contribution in [0.4, 0.5) is 0 Å². The molecule has 0 aromatic carbocycles. The number of hydrogen-bond acceptors (Lipinski definition) is 2. The second-order valence-corrected chi connectivity index (χ2v) is 6.10. The Balaban J connectivity index is 1.59. The summed E-state index contributed by atoms with van der Waals surface area (Å²) in [5.41, 5.74) is 1.18. The quantitative estimate of drug-likeness (QED) is 0.794. The molecule has 20 heavy (non-hydrogen) atoms. The summed E-state index contributed by atoms with van der Waals surface area (Å²) in [4.78, 5) is 14.4. The van der Waals surface area contributed by atoms with E-state index < -0.39 is 0 Å². The Morgan fingerprint density at radius 2 is 2.35 bits per heavy atom. The molecule has 0 spiro atoms. The third kappa shape index (κ3) is 2.94. The number of likely N-dealkylation sites (tertiary alicyclic amines) is 1. The molecule has 2 atom stereocenters. The highest BCUT2D eigenvalue weighted by molar-refractivity contribution is 5.76. The van der Waals surface area contributed by atoms with E-state index in [2.05, 4.69) is 30.4 Å². The van der Waals surface area contributed by atoms with Crippen LogP contribution in [0.1, 0.15) is 43.7 Å². The number of rotatable bonds is 3. The third-order valence-electron chi connectivity index (χ3n) is 4.40. The first-order chi connectivity index (χ1) is 9.72. The SMILES string of the molecule is Cc1cnn([C@@H]2CCCN(C(=O)C[C@@H]3C=CCC3)C2)c1. The lowest BCUT2D eigenvalue weighted by molar-refractivity contribution is -0.133. The van der Waals surface area contributed by atoms with Gasteiger partial charge in [-0.2, -0.15) is 5.10 Å². The van der Waals surface area contributed by atoms with Crippen molar-refractivity contribution in [2.75, 3.05) is 13.1 Å². The van der Waals surface area contributed by atoms with E-state index in [1.165, 1.54) is 5.56 Å². The summed E-state index contributed by atoms with van der Waals surface area (Å²) in [7, 11) is 0. The van der Waals surface area contributed by atoms with Crippen molar-refractivity contribution in [1.29, 1.82) is 0 Å². The molecule has 1 fully saturated rings. The number of piperidine rings is 1. The van der Waals surface area contributed by atoms with E-state index in [1.54, 1.807) is 0 Å². The standard InChI is InChI=1S/C16H23N3O/c1-13-10-17-19(11-13)15-7-4-8-18(12-15)16(20)9-14-5-2-3-6-14/h2,5,10-11,14-15H,3-4,6-9,12H2,1H3/t14-,15-/m1/s1. The van der Waals surface area contributed by atoms with Crippen LogP contribution in [0.3, 0.4) is 0 Å². The molecule has 1 aromatic rings. The van der Waals surface area contributed by atoms with Crippen molar-refractivity contribution >= 4 is 5.91 Å². The van der Waals surface area contributed by atoms with Gasteiger partial charge < -0.3 is 4.90 Å². The Morgan fingerprint density at radius 3 is 3.05 bits per heavy atom. The van der Waals surface area contributed by atoms with Gasteiger partial charge in [-0.05, 0) is 44.1 Å². The maximum Gasteiger partial charge on any atom is 0.223 e. The minimum Gasteiger partial charge on any atom is -0.341 e. The fourth-order valence-electron chi connectivity index (χ4n) is 3.25. The van der Waals surface area contributed by atoms with E-state index in [4.69, 9.17) is 0 Å². The van der Waals surface area contributed by atoms with Gasteiger partial charge in [0.1, 0.15) is 0 Å². The Morgan fingerprint density at radius 1 is 1.45 bits per heavy atom. The van der Waals surface area contributed by atoms with Crippen LogP contribution in [-0.4, -0.2) is 33.7 Å². The van der Waals surface area contributed by atoms with Crippen molar-refractivity contribution in [3.05, 3.63) is 30.1 Å². The van der Waals surface area contributed by atoms with Crippen LogP contribution < -0.4 is 0 Å². The molecule has 0 N–H and O–H groups in total. The zero-order chi connectivity index (χ0) is 13.9. The molecule has 1 aliphatic heterocycles. The number of aryl methyl sites for hydroxylation is 1. The minimum atomic E-state index is 0.315. The van der Waals surface area contributed by atoms with Crippen LogP contribution in [0, 0.1) is 12.8 Å². The smallest absolute Gasteiger partial charge is 0.223 e. The van der Waals surface area contributed by atoms with Gasteiger partial charge in [-0.15, -0.1) is 0 Å². The second-order valence-electron chi connectivity index (χ2n) is 6.10. The molecular weight excluding hydrogens is 250 g/mol. The third-order valence-corrected chi connectivity index (χ3v) is 4.40. The van der Waals surface area contributed by atoms with Crippen molar-refractivity contribution < 1.29 is 4.79 Å². The molecule has 1 saturated heterocycles. The predicted molar refractivity (Wildman–Crippen MR) is 78.3 cm³/mol. The normalized spacial score (nSPS) is 26.1. The van der Waals surface area contributed by atoms with Crippen LogP contribution in [0.5, 0.6) is 0 Å². The summed E-state index contributed by atoms with van der Waals surface area (Å²) in [5.74, 6) is 0.782. The summed E-state index contributed by atoms with van der Waals surface area (Å²) >= 11 is 0. The van der Waals surface area contributed by atoms with Crippen LogP contribution in [0.15, 0.2) is 24.5 Å². The molecule has 1 aliphatic carbocycles. The fraction of sp³-hybridized carbons (Fsp3) is 0.625. The molecule has 0 radical (unpaired) electrons. The van der Waals surface area contributed by atoms with Gasteiger partial charge >= 0.3 is 0 Å². The molecule has 2 heterocycles. The summed E-state index contributed by atoms with van der Waals surface area (Å²) in [6, 6.07) is 0.348. The lowest BCUT2D eigenvalue weighted by Gasteiger charge is -2.33. The van der Waals surface area contributed by atoms with Crippen LogP contribution in [-0.2, 0) is 4.79 Å². The monoisotopic (exact) mass is 273 g/mol. The van der Waals surface area contributed by atoms with Crippen LogP contribution in [0.25, 0.3) is 0 Å². The van der Waals surface area contributed by atoms with Crippen molar-refractivity contribution in [3.63, 3.8) is 0 Å². The van der Waals surface area contributed by atoms with Gasteiger partial charge in [-0.1, -0.05) is 12.2 Å². The molecule has 0 saturated carbocycles. The molecule has 0 bridgehead atoms. The molecule has 4 nitrogen and oxygen atoms in total. The molecule has 1 aromatic heterocycles. The molecular formula is C16H23N3O. The van der Waals surface area contributed by atoms with Gasteiger partial charge in [0.05, 0.1) is 12.2 Å². The van der Waals surface area contributed by atoms with Gasteiger partial charge in [0.2, 0.25) is 5.91 Å². The Kier molecular flexibility index (Phi) is 3.90. The number of carbonyl (C=O) groups is 1. The summed E-state index contributed by atoms with van der Waals surface area (Å²) in [5, 5.41) is 4.40. The Bertz CT molecular complexity index is 506. The highest BCUT2D eigenvalue weighted by atomic mass is 16.2. The summed E-state index contributed by atoms with van der Waals surface area (Å²) < 4.78 is 2.03. The van der Waals surface area contributed by atoms with E-state index in [0.29, 0.717) is 24.3 Å². The first-order valence-corrected chi connectivity index (χ1v) is 7.67. The van der Waals surface area contributed by atoms with E-state index in [9.17, 15) is 4.79 Å². The van der Waals surface area contributed by atoms with Crippen LogP contribution in [0.2, 0.25) is 0 Å². The summed E-state index contributed by atoms with van der Waals surface area (Å²) in [6.07, 6.45) is 13.5. The second kappa shape index (κ2) is 5.81. The lowest BCUT2D eigenvalue weighted by Crippen LogP contribution is -2.41. The lowest BCUT2D eigenvalue weighted by atomic mass is 10.0. The molecule has 108 valence electrons. The zero-order valence-electron chi connectivity index (χ0n) is 12.2. The van der Waals surface area contributed by atoms with Gasteiger partial charge in [0.15, 0.2) is 0 Å². The number of hydrogen-bond donors (Lipinski definition) is 0. The molecule has 4 heteroatoms. The topological polar surface area (TPSA) is 38.1 Å². The van der Waals surface area contributed by atoms with E-state index in [0.717, 1.165) is 38.8 Å². The van der Waals surface area contributed by atoms with Gasteiger partial charge in [-0.3, -0.25) is 9.48 Å². The molecule has 2 aliphatic rings. The maximum atomic E-state index is 12.4. The number of amides is 1. The predicted octanol–water partition coefficient (Wildman–Crippen LogP) is 2.71. The number of aromatic nitrogens is 2. The van der Waals surface area contributed by atoms with Gasteiger partial charge in [-0.25, -0.2) is 0 Å². The van der Waals surface area contributed by atoms with E-state index in [1.807, 2.05) is 15.8 Å². The highest BCUT2D eigenvalue weighted by Crippen LogP contribution is 2.25. The maximum absolute atomic E-state index is 12.4. The fourth-order valence-corrected chi connectivity index (χ4v) is 3.25. The molecule has 1 amide bonds. The van der Waals surface area contributed by atoms with E-state index in [-0.39, 0.29) is 0 Å². The first-order valence-electron chi connectivity index (χ1n) is 7.67. The molecule has 0 unspecified atom stereocenters. The Labute approximate surface area is 120 Å². The average molecular weight is 273 g/mol. The number of allylic oxidation sites excluding steroid dienone is 2. The largest absolute Gasteiger partial charge is 0.341 e. The van der Waals surface area contributed by atoms with Crippen molar-refractivity contribution in [2.24, 2.45) is 5.92 Å². The zero-order valence-corrected chi connectivity index (χ0v) is 12.2. The van der Waals surface area contributed by atoms with Crippen molar-refractivity contribution in [1.82, 2.24) is 14.7 Å². The highest BCUT2D eigenvalue weighted by Gasteiger charge is 2.26. The Hall–Kier alpha value is -1.58. The van der Waals surface area contributed by atoms with Crippen molar-refractivity contribution in [2.45, 2.75) is 45.1 Å². The minimum absolute atomic E-state index is 0.315. The molecule has 3 rings (SSSR count). The summed E-state index contributed by atoms with van der Waals surface area (Å²) in [6.45, 7) is 3.78. The van der Waals surface area contributed by atoms with Gasteiger partial charge in [0, 0.05) is 25.7 Å². The van der Waals surface area contributed by atoms with Crippen molar-refractivity contribution in [3.8, 4) is 0 Å². The van der Waals surface area contributed by atoms with Gasteiger partial charge in [0.25, 0.3) is 0 Å². The first kappa shape index (κ1) is 13.4. The van der Waals surface area contributed by atoms with Crippen LogP contribution >= 0.6 is 0 Å². The number of nitrogens with zero attached hydrogens (tertiary/aromatic N) is 3.